The van der Waals surface area contributed by atoms with E-state index in [2.05, 4.69) is 96.5 Å². The molecule has 0 spiro atoms. The van der Waals surface area contributed by atoms with Crippen LogP contribution in [0.5, 0.6) is 0 Å². The van der Waals surface area contributed by atoms with Crippen molar-refractivity contribution in [1.29, 1.82) is 0 Å². The first-order valence-electron chi connectivity index (χ1n) is 19.2. The van der Waals surface area contributed by atoms with Gasteiger partial charge in [-0.25, -0.2) is 8.42 Å². The van der Waals surface area contributed by atoms with Crippen LogP contribution < -0.4 is 0 Å². The van der Waals surface area contributed by atoms with Crippen molar-refractivity contribution in [2.45, 2.75) is 30.4 Å². The minimum atomic E-state index is -1.34. The largest absolute Gasteiger partial charge is 0.249 e. The van der Waals surface area contributed by atoms with Crippen LogP contribution in [0.25, 0.3) is 11.1 Å². The van der Waals surface area contributed by atoms with Gasteiger partial charge in [-0.2, -0.15) is 0 Å². The molecule has 2 aliphatic rings. The molecule has 0 saturated heterocycles. The molecule has 2 nitrogen and oxygen atoms in total. The zero-order chi connectivity index (χ0) is 39.1. The molecule has 2 heterocycles. The zero-order valence-electron chi connectivity index (χ0n) is 31.3. The molecule has 0 radical (unpaired) electrons. The van der Waals surface area contributed by atoms with E-state index in [1.165, 1.54) is 0 Å². The second-order valence-corrected chi connectivity index (χ2v) is 17.2. The van der Waals surface area contributed by atoms with Gasteiger partial charge in [-0.1, -0.05) is 181 Å². The Hall–Kier alpha value is -6.82. The van der Waals surface area contributed by atoms with Crippen LogP contribution in [0.1, 0.15) is 44.5 Å². The van der Waals surface area contributed by atoms with Gasteiger partial charge in [-0.15, -0.1) is 0 Å². The third kappa shape index (κ3) is 5.73. The quantitative estimate of drug-likeness (QED) is 0.167. The van der Waals surface area contributed by atoms with Crippen LogP contribution in [0, 0.1) is 23.7 Å². The average Bonchev–Trinajstić information content (AvgIpc) is 3.30. The normalized spacial score (nSPS) is 19.7. The molecule has 0 aliphatic carbocycles. The molecule has 274 valence electrons. The molecule has 2 aliphatic heterocycles. The van der Waals surface area contributed by atoms with Crippen molar-refractivity contribution in [3.05, 3.63) is 251 Å². The molecule has 0 fully saturated rings. The predicted molar refractivity (Wildman–Crippen MR) is 233 cm³/mol. The van der Waals surface area contributed by atoms with E-state index >= 15 is 0 Å². The maximum atomic E-state index is 14.0. The number of rotatable bonds is 3. The lowest BCUT2D eigenvalue weighted by Gasteiger charge is -2.37. The van der Waals surface area contributed by atoms with E-state index in [-0.39, 0.29) is 0 Å². The summed E-state index contributed by atoms with van der Waals surface area (Å²) in [5, 5.41) is 0. The van der Waals surface area contributed by atoms with Gasteiger partial charge in [-0.3, -0.25) is 0 Å². The standard InChI is InChI=1S/C54H34O2S2/c55-57-49-23-11-7-19-45(49)53(46-20-8-12-24-50(46)57,37-35-39-15-3-1-4-16-39)43-31-27-41(28-32-43)42-29-33-44(34-30-42)54(38-36-40-17-5-2-6-18-40)47-21-9-13-25-51(47)58(56)52-26-14-10-22-48(52)54/h1-34H. The summed E-state index contributed by atoms with van der Waals surface area (Å²) >= 11 is 0. The van der Waals surface area contributed by atoms with Gasteiger partial charge >= 0.3 is 0 Å². The summed E-state index contributed by atoms with van der Waals surface area (Å²) in [6, 6.07) is 69.4. The zero-order valence-corrected chi connectivity index (χ0v) is 32.9. The number of benzene rings is 8. The summed E-state index contributed by atoms with van der Waals surface area (Å²) in [7, 11) is -2.67. The Labute approximate surface area is 344 Å². The topological polar surface area (TPSA) is 34.1 Å². The Bertz CT molecular complexity index is 2730. The summed E-state index contributed by atoms with van der Waals surface area (Å²) in [5.41, 5.74) is 7.98. The van der Waals surface area contributed by atoms with Crippen LogP contribution in [0.15, 0.2) is 226 Å². The van der Waals surface area contributed by atoms with Gasteiger partial charge in [-0.05, 0) is 93.0 Å². The average molecular weight is 779 g/mol. The molecule has 8 aromatic carbocycles. The smallest absolute Gasteiger partial charge is 0.109 e. The van der Waals surface area contributed by atoms with Crippen LogP contribution in [0.4, 0.5) is 0 Å². The maximum Gasteiger partial charge on any atom is 0.109 e. The molecular formula is C54H34O2S2. The van der Waals surface area contributed by atoms with Gasteiger partial charge in [0.05, 0.1) is 21.6 Å². The molecule has 0 saturated carbocycles. The fourth-order valence-corrected chi connectivity index (χ4v) is 11.5. The fraction of sp³-hybridized carbons (Fsp3) is 0.0370. The third-order valence-electron chi connectivity index (χ3n) is 11.3. The van der Waals surface area contributed by atoms with E-state index in [0.29, 0.717) is 0 Å². The third-order valence-corrected chi connectivity index (χ3v) is 14.3. The van der Waals surface area contributed by atoms with Crippen molar-refractivity contribution in [3.63, 3.8) is 0 Å². The Morgan fingerprint density at radius 3 is 0.897 bits per heavy atom. The van der Waals surface area contributed by atoms with Crippen molar-refractivity contribution in [2.75, 3.05) is 0 Å². The lowest BCUT2D eigenvalue weighted by atomic mass is 9.69. The summed E-state index contributed by atoms with van der Waals surface area (Å²) in [6.45, 7) is 0. The lowest BCUT2D eigenvalue weighted by molar-refractivity contribution is 0.666. The Morgan fingerprint density at radius 1 is 0.310 bits per heavy atom. The van der Waals surface area contributed by atoms with Gasteiger partial charge in [0.1, 0.15) is 10.8 Å². The molecule has 0 bridgehead atoms. The van der Waals surface area contributed by atoms with Crippen LogP contribution in [0.2, 0.25) is 0 Å². The van der Waals surface area contributed by atoms with E-state index in [4.69, 9.17) is 0 Å². The molecule has 10 rings (SSSR count). The van der Waals surface area contributed by atoms with E-state index in [1.54, 1.807) is 0 Å². The monoisotopic (exact) mass is 778 g/mol. The number of hydrogen-bond acceptors (Lipinski definition) is 2. The highest BCUT2D eigenvalue weighted by Crippen LogP contribution is 2.50. The Balaban J connectivity index is 1.11. The van der Waals surface area contributed by atoms with Crippen molar-refractivity contribution >= 4 is 21.6 Å². The number of hydrogen-bond donors (Lipinski definition) is 0. The lowest BCUT2D eigenvalue weighted by Crippen LogP contribution is -2.34. The highest BCUT2D eigenvalue weighted by Gasteiger charge is 2.45. The first-order valence-corrected chi connectivity index (χ1v) is 21.5. The summed E-state index contributed by atoms with van der Waals surface area (Å²) in [5.74, 6) is 14.5. The van der Waals surface area contributed by atoms with Gasteiger partial charge < -0.3 is 0 Å². The number of fused-ring (bicyclic) bond motifs is 4. The van der Waals surface area contributed by atoms with E-state index in [9.17, 15) is 8.42 Å². The molecule has 0 amide bonds. The summed E-state index contributed by atoms with van der Waals surface area (Å²) in [6.07, 6.45) is 0. The van der Waals surface area contributed by atoms with Crippen molar-refractivity contribution in [2.24, 2.45) is 0 Å². The van der Waals surface area contributed by atoms with Gasteiger partial charge in [0.15, 0.2) is 0 Å². The molecule has 0 unspecified atom stereocenters. The highest BCUT2D eigenvalue weighted by molar-refractivity contribution is 7.85. The van der Waals surface area contributed by atoms with Crippen molar-refractivity contribution < 1.29 is 8.42 Å². The molecule has 0 N–H and O–H groups in total. The first-order chi connectivity index (χ1) is 28.6. The van der Waals surface area contributed by atoms with Crippen LogP contribution in [-0.2, 0) is 32.4 Å². The van der Waals surface area contributed by atoms with E-state index in [0.717, 1.165) is 75.2 Å². The fourth-order valence-electron chi connectivity index (χ4n) is 8.52. The maximum absolute atomic E-state index is 14.0. The van der Waals surface area contributed by atoms with Gasteiger partial charge in [0.25, 0.3) is 0 Å². The molecule has 58 heavy (non-hydrogen) atoms. The van der Waals surface area contributed by atoms with Crippen molar-refractivity contribution in [1.82, 2.24) is 0 Å². The van der Waals surface area contributed by atoms with E-state index < -0.39 is 32.4 Å². The van der Waals surface area contributed by atoms with Crippen LogP contribution in [-0.4, -0.2) is 8.42 Å². The van der Waals surface area contributed by atoms with Gasteiger partial charge in [0, 0.05) is 30.7 Å². The van der Waals surface area contributed by atoms with Crippen LogP contribution >= 0.6 is 0 Å². The predicted octanol–water partition coefficient (Wildman–Crippen LogP) is 11.1. The summed E-state index contributed by atoms with van der Waals surface area (Å²) < 4.78 is 28.0. The Kier molecular flexibility index (Phi) is 8.96. The van der Waals surface area contributed by atoms with Crippen LogP contribution in [0.3, 0.4) is 0 Å². The second kappa shape index (κ2) is 14.6. The van der Waals surface area contributed by atoms with Crippen molar-refractivity contribution in [3.8, 4) is 34.8 Å². The van der Waals surface area contributed by atoms with E-state index in [1.807, 2.05) is 133 Å². The first kappa shape index (κ1) is 35.6. The molecule has 0 aromatic heterocycles. The van der Waals surface area contributed by atoms with Gasteiger partial charge in [0.2, 0.25) is 0 Å². The Morgan fingerprint density at radius 2 is 0.586 bits per heavy atom. The minimum absolute atomic E-state index is 0.780. The molecule has 4 heteroatoms. The molecular weight excluding hydrogens is 745 g/mol. The molecule has 0 atom stereocenters. The molecule has 8 aromatic rings. The minimum Gasteiger partial charge on any atom is -0.249 e. The SMILES string of the molecule is O=S1c2ccccc2C(C#Cc2ccccc2)(c2ccc(-c3ccc(C4(C#Cc5ccccc5)c5ccccc5S(=O)c5ccccc54)cc3)cc2)c2ccccc21. The summed E-state index contributed by atoms with van der Waals surface area (Å²) in [4.78, 5) is 3.12. The highest BCUT2D eigenvalue weighted by atomic mass is 32.2. The second-order valence-electron chi connectivity index (χ2n) is 14.4.